The van der Waals surface area contributed by atoms with Crippen LogP contribution in [0.15, 0.2) is 54.1 Å². The number of ketones is 1. The molecule has 4 heteroatoms. The molecule has 2 aromatic rings. The van der Waals surface area contributed by atoms with Gasteiger partial charge < -0.3 is 14.6 Å². The van der Waals surface area contributed by atoms with Gasteiger partial charge in [-0.1, -0.05) is 17.7 Å². The fourth-order valence-corrected chi connectivity index (χ4v) is 2.58. The third-order valence-corrected chi connectivity index (χ3v) is 3.90. The SMILES string of the molecule is CC(C)=CCOc1ccc([C@@H]2CC(=O)c3ccc(O)cc3O2)cc1. The number of phenols is 1. The molecule has 1 aliphatic rings. The van der Waals surface area contributed by atoms with Gasteiger partial charge in [0.05, 0.1) is 12.0 Å². The van der Waals surface area contributed by atoms with Crippen LogP contribution in [0.4, 0.5) is 0 Å². The minimum Gasteiger partial charge on any atom is -0.508 e. The first-order chi connectivity index (χ1) is 11.5. The van der Waals surface area contributed by atoms with Gasteiger partial charge in [0.15, 0.2) is 5.78 Å². The lowest BCUT2D eigenvalue weighted by Crippen LogP contribution is -2.20. The molecular formula is C20H20O4. The quantitative estimate of drug-likeness (QED) is 0.845. The first-order valence-corrected chi connectivity index (χ1v) is 7.92. The Morgan fingerprint density at radius 2 is 2.00 bits per heavy atom. The second-order valence-electron chi connectivity index (χ2n) is 6.08. The molecular weight excluding hydrogens is 304 g/mol. The van der Waals surface area contributed by atoms with E-state index < -0.39 is 0 Å². The van der Waals surface area contributed by atoms with Gasteiger partial charge in [0.25, 0.3) is 0 Å². The Kier molecular flexibility index (Phi) is 4.56. The van der Waals surface area contributed by atoms with Crippen molar-refractivity contribution in [1.29, 1.82) is 0 Å². The largest absolute Gasteiger partial charge is 0.508 e. The number of carbonyl (C=O) groups excluding carboxylic acids is 1. The van der Waals surface area contributed by atoms with E-state index >= 15 is 0 Å². The Hall–Kier alpha value is -2.75. The lowest BCUT2D eigenvalue weighted by Gasteiger charge is -2.25. The van der Waals surface area contributed by atoms with Gasteiger partial charge in [-0.3, -0.25) is 4.79 Å². The maximum absolute atomic E-state index is 12.3. The zero-order valence-corrected chi connectivity index (χ0v) is 13.8. The fourth-order valence-electron chi connectivity index (χ4n) is 2.58. The third kappa shape index (κ3) is 3.59. The number of fused-ring (bicyclic) bond motifs is 1. The highest BCUT2D eigenvalue weighted by Crippen LogP contribution is 2.37. The molecule has 1 atom stereocenters. The number of phenolic OH excluding ortho intramolecular Hbond substituents is 1. The maximum atomic E-state index is 12.3. The predicted molar refractivity (Wildman–Crippen MR) is 91.8 cm³/mol. The van der Waals surface area contributed by atoms with Gasteiger partial charge in [0.1, 0.15) is 30.0 Å². The van der Waals surface area contributed by atoms with Crippen LogP contribution in [0.2, 0.25) is 0 Å². The van der Waals surface area contributed by atoms with E-state index in [1.807, 2.05) is 44.2 Å². The molecule has 2 aromatic carbocycles. The normalized spacial score (nSPS) is 16.1. The molecule has 0 fully saturated rings. The first kappa shape index (κ1) is 16.1. The van der Waals surface area contributed by atoms with Crippen molar-refractivity contribution in [3.8, 4) is 17.2 Å². The van der Waals surface area contributed by atoms with Crippen LogP contribution in [0.1, 0.15) is 42.3 Å². The Morgan fingerprint density at radius 1 is 1.25 bits per heavy atom. The second-order valence-corrected chi connectivity index (χ2v) is 6.08. The number of rotatable bonds is 4. The summed E-state index contributed by atoms with van der Waals surface area (Å²) in [6.07, 6.45) is 1.95. The summed E-state index contributed by atoms with van der Waals surface area (Å²) in [6.45, 7) is 4.59. The summed E-state index contributed by atoms with van der Waals surface area (Å²) in [7, 11) is 0. The molecule has 1 aliphatic heterocycles. The van der Waals surface area contributed by atoms with Crippen LogP contribution in [-0.2, 0) is 0 Å². The smallest absolute Gasteiger partial charge is 0.170 e. The van der Waals surface area contributed by atoms with Crippen molar-refractivity contribution < 1.29 is 19.4 Å². The summed E-state index contributed by atoms with van der Waals surface area (Å²) in [5, 5.41) is 9.58. The lowest BCUT2D eigenvalue weighted by atomic mass is 9.96. The number of aromatic hydroxyl groups is 1. The summed E-state index contributed by atoms with van der Waals surface area (Å²) in [5.74, 6) is 1.31. The molecule has 4 nitrogen and oxygen atoms in total. The highest BCUT2D eigenvalue weighted by molar-refractivity contribution is 6.00. The van der Waals surface area contributed by atoms with Crippen molar-refractivity contribution in [3.63, 3.8) is 0 Å². The second kappa shape index (κ2) is 6.79. The van der Waals surface area contributed by atoms with Crippen molar-refractivity contribution in [2.45, 2.75) is 26.4 Å². The fraction of sp³-hybridized carbons (Fsp3) is 0.250. The van der Waals surface area contributed by atoms with Crippen LogP contribution in [0.5, 0.6) is 17.2 Å². The Labute approximate surface area is 141 Å². The molecule has 0 aliphatic carbocycles. The molecule has 0 unspecified atom stereocenters. The molecule has 24 heavy (non-hydrogen) atoms. The molecule has 0 spiro atoms. The van der Waals surface area contributed by atoms with Gasteiger partial charge in [-0.05, 0) is 49.8 Å². The number of Topliss-reactive ketones (excluding diaryl/α,β-unsaturated/α-hetero) is 1. The summed E-state index contributed by atoms with van der Waals surface area (Å²) in [6, 6.07) is 12.1. The summed E-state index contributed by atoms with van der Waals surface area (Å²) in [5.41, 5.74) is 2.64. The predicted octanol–water partition coefficient (Wildman–Crippen LogP) is 4.44. The molecule has 0 aromatic heterocycles. The standard InChI is InChI=1S/C20H20O4/c1-13(2)9-10-23-16-6-3-14(4-7-16)19-12-18(22)17-8-5-15(21)11-20(17)24-19/h3-9,11,19,21H,10,12H2,1-2H3/t19-/m0/s1. The molecule has 0 saturated heterocycles. The number of hydrogen-bond donors (Lipinski definition) is 1. The average Bonchev–Trinajstić information content (AvgIpc) is 2.54. The van der Waals surface area contributed by atoms with Crippen LogP contribution >= 0.6 is 0 Å². The van der Waals surface area contributed by atoms with Crippen LogP contribution in [-0.4, -0.2) is 17.5 Å². The van der Waals surface area contributed by atoms with Crippen LogP contribution < -0.4 is 9.47 Å². The van der Waals surface area contributed by atoms with Gasteiger partial charge in [-0.2, -0.15) is 0 Å². The average molecular weight is 324 g/mol. The minimum atomic E-state index is -0.348. The molecule has 3 rings (SSSR count). The van der Waals surface area contributed by atoms with Crippen LogP contribution in [0, 0.1) is 0 Å². The number of ether oxygens (including phenoxy) is 2. The van der Waals surface area contributed by atoms with Gasteiger partial charge >= 0.3 is 0 Å². The van der Waals surface area contributed by atoms with E-state index in [0.29, 0.717) is 17.9 Å². The van der Waals surface area contributed by atoms with Crippen LogP contribution in [0.25, 0.3) is 0 Å². The molecule has 124 valence electrons. The van der Waals surface area contributed by atoms with Crippen molar-refractivity contribution >= 4 is 5.78 Å². The summed E-state index contributed by atoms with van der Waals surface area (Å²) in [4.78, 5) is 12.3. The highest BCUT2D eigenvalue weighted by atomic mass is 16.5. The monoisotopic (exact) mass is 324 g/mol. The van der Waals surface area contributed by atoms with Crippen LogP contribution in [0.3, 0.4) is 0 Å². The van der Waals surface area contributed by atoms with Crippen molar-refractivity contribution in [2.24, 2.45) is 0 Å². The van der Waals surface area contributed by atoms with Crippen molar-refractivity contribution in [3.05, 3.63) is 65.2 Å². The topological polar surface area (TPSA) is 55.8 Å². The summed E-state index contributed by atoms with van der Waals surface area (Å²) < 4.78 is 11.5. The van der Waals surface area contributed by atoms with E-state index in [0.717, 1.165) is 11.3 Å². The Bertz CT molecular complexity index is 771. The number of allylic oxidation sites excluding steroid dienone is 1. The van der Waals surface area contributed by atoms with Gasteiger partial charge in [0, 0.05) is 6.07 Å². The molecule has 0 bridgehead atoms. The Morgan fingerprint density at radius 3 is 2.71 bits per heavy atom. The molecule has 0 amide bonds. The number of carbonyl (C=O) groups is 1. The van der Waals surface area contributed by atoms with E-state index in [9.17, 15) is 9.90 Å². The maximum Gasteiger partial charge on any atom is 0.170 e. The number of hydrogen-bond acceptors (Lipinski definition) is 4. The zero-order valence-electron chi connectivity index (χ0n) is 13.8. The molecule has 1 N–H and O–H groups in total. The lowest BCUT2D eigenvalue weighted by molar-refractivity contribution is 0.0849. The first-order valence-electron chi connectivity index (χ1n) is 7.92. The van der Waals surface area contributed by atoms with Gasteiger partial charge in [0.2, 0.25) is 0 Å². The molecule has 0 saturated carbocycles. The molecule has 0 radical (unpaired) electrons. The summed E-state index contributed by atoms with van der Waals surface area (Å²) >= 11 is 0. The zero-order chi connectivity index (χ0) is 17.1. The van der Waals surface area contributed by atoms with E-state index in [1.165, 1.54) is 17.7 Å². The third-order valence-electron chi connectivity index (χ3n) is 3.90. The van der Waals surface area contributed by atoms with Crippen molar-refractivity contribution in [2.75, 3.05) is 6.61 Å². The minimum absolute atomic E-state index is 0.0186. The van der Waals surface area contributed by atoms with Crippen molar-refractivity contribution in [1.82, 2.24) is 0 Å². The Balaban J connectivity index is 1.73. The van der Waals surface area contributed by atoms with E-state index in [4.69, 9.17) is 9.47 Å². The van der Waals surface area contributed by atoms with Gasteiger partial charge in [-0.15, -0.1) is 0 Å². The highest BCUT2D eigenvalue weighted by Gasteiger charge is 2.27. The van der Waals surface area contributed by atoms with E-state index in [1.54, 1.807) is 6.07 Å². The van der Waals surface area contributed by atoms with E-state index in [2.05, 4.69) is 0 Å². The number of benzene rings is 2. The van der Waals surface area contributed by atoms with E-state index in [-0.39, 0.29) is 24.1 Å². The molecule has 1 heterocycles. The van der Waals surface area contributed by atoms with Gasteiger partial charge in [-0.25, -0.2) is 0 Å².